The Kier molecular flexibility index (Phi) is 8.24. The average molecular weight is 469 g/mol. The van der Waals surface area contributed by atoms with Gasteiger partial charge < -0.3 is 25.3 Å². The summed E-state index contributed by atoms with van der Waals surface area (Å²) in [7, 11) is 0. The zero-order valence-corrected chi connectivity index (χ0v) is 20.3. The van der Waals surface area contributed by atoms with Crippen molar-refractivity contribution in [3.8, 4) is 5.75 Å². The molecule has 1 heterocycles. The molecule has 1 aromatic heterocycles. The number of H-pyrrole nitrogens is 1. The molecule has 0 saturated carbocycles. The Morgan fingerprint density at radius 1 is 1.21 bits per heavy atom. The average Bonchev–Trinajstić information content (AvgIpc) is 3.20. The Bertz CT molecular complexity index is 1140. The van der Waals surface area contributed by atoms with Gasteiger partial charge in [-0.05, 0) is 57.2 Å². The van der Waals surface area contributed by atoms with Gasteiger partial charge in [-0.3, -0.25) is 0 Å². The number of β-amino-alcohol motifs (C(OH)–C–C–N with tert-alkyl or cyclic N) is 1. The Labute approximate surface area is 199 Å². The van der Waals surface area contributed by atoms with Crippen molar-refractivity contribution < 1.29 is 19.7 Å². The Hall–Kier alpha value is -2.74. The molecular formula is C26H32N2O4S. The van der Waals surface area contributed by atoms with Crippen LogP contribution in [-0.4, -0.2) is 52.2 Å². The number of thioether (sulfide) groups is 1. The van der Waals surface area contributed by atoms with Gasteiger partial charge in [0, 0.05) is 39.7 Å². The normalized spacial score (nSPS) is 13.3. The van der Waals surface area contributed by atoms with E-state index in [1.165, 1.54) is 0 Å². The Balaban J connectivity index is 1.62. The number of aliphatic hydroxyl groups excluding tert-OH is 1. The number of carbonyl (C=O) groups is 1. The molecule has 33 heavy (non-hydrogen) atoms. The highest BCUT2D eigenvalue weighted by atomic mass is 32.2. The van der Waals surface area contributed by atoms with Crippen LogP contribution in [0.15, 0.2) is 54.7 Å². The molecule has 0 aliphatic rings. The molecule has 0 aliphatic heterocycles. The number of aromatic amines is 1. The lowest BCUT2D eigenvalue weighted by Crippen LogP contribution is -2.46. The summed E-state index contributed by atoms with van der Waals surface area (Å²) >= 11 is 1.66. The predicted molar refractivity (Wildman–Crippen MR) is 136 cm³/mol. The van der Waals surface area contributed by atoms with Crippen molar-refractivity contribution in [2.75, 3.05) is 19.4 Å². The molecule has 1 unspecified atom stereocenters. The van der Waals surface area contributed by atoms with E-state index in [-0.39, 0.29) is 17.7 Å². The summed E-state index contributed by atoms with van der Waals surface area (Å²) in [4.78, 5) is 15.9. The summed E-state index contributed by atoms with van der Waals surface area (Å²) in [5, 5.41) is 24.2. The maximum atomic E-state index is 11.7. The number of aliphatic hydroxyl groups is 1. The van der Waals surface area contributed by atoms with Gasteiger partial charge in [0.2, 0.25) is 0 Å². The van der Waals surface area contributed by atoms with E-state index in [0.29, 0.717) is 13.0 Å². The highest BCUT2D eigenvalue weighted by molar-refractivity contribution is 8.07. The molecule has 0 fully saturated rings. The molecule has 4 N–H and O–H groups in total. The number of fused-ring (bicyclic) bond motifs is 1. The van der Waals surface area contributed by atoms with Gasteiger partial charge in [0.25, 0.3) is 0 Å². The van der Waals surface area contributed by atoms with Crippen molar-refractivity contribution in [1.29, 1.82) is 0 Å². The first-order valence-corrected chi connectivity index (χ1v) is 12.2. The number of rotatable bonds is 11. The first-order chi connectivity index (χ1) is 15.8. The monoisotopic (exact) mass is 468 g/mol. The number of hydrogen-bond acceptors (Lipinski definition) is 5. The zero-order chi connectivity index (χ0) is 24.0. The molecule has 7 heteroatoms. The number of benzene rings is 2. The van der Waals surface area contributed by atoms with E-state index in [1.54, 1.807) is 23.9 Å². The molecular weight excluding hydrogens is 436 g/mol. The molecule has 0 spiro atoms. The molecule has 3 rings (SSSR count). The summed E-state index contributed by atoms with van der Waals surface area (Å²) in [6.45, 7) is 6.59. The smallest absolute Gasteiger partial charge is 0.336 e. The third kappa shape index (κ3) is 6.19. The van der Waals surface area contributed by atoms with Gasteiger partial charge in [-0.25, -0.2) is 4.79 Å². The van der Waals surface area contributed by atoms with Crippen LogP contribution < -0.4 is 10.1 Å². The second-order valence-electron chi connectivity index (χ2n) is 8.61. The van der Waals surface area contributed by atoms with E-state index in [2.05, 4.69) is 10.3 Å². The van der Waals surface area contributed by atoms with E-state index >= 15 is 0 Å². The number of aromatic nitrogens is 1. The molecule has 0 radical (unpaired) electrons. The Morgan fingerprint density at radius 3 is 2.64 bits per heavy atom. The van der Waals surface area contributed by atoms with Crippen molar-refractivity contribution in [2.45, 2.75) is 38.8 Å². The molecule has 2 aromatic carbocycles. The number of carboxylic acid groups (broad SMARTS) is 1. The molecule has 3 aromatic rings. The number of para-hydroxylation sites is 1. The van der Waals surface area contributed by atoms with E-state index in [4.69, 9.17) is 4.74 Å². The lowest BCUT2D eigenvalue weighted by molar-refractivity contribution is 0.0699. The molecule has 0 amide bonds. The van der Waals surface area contributed by atoms with Crippen molar-refractivity contribution in [3.63, 3.8) is 0 Å². The number of ether oxygens (including phenoxy) is 1. The van der Waals surface area contributed by atoms with Crippen LogP contribution in [0.2, 0.25) is 0 Å². The number of aromatic carboxylic acids is 1. The summed E-state index contributed by atoms with van der Waals surface area (Å²) in [5.74, 6) is -0.194. The maximum Gasteiger partial charge on any atom is 0.336 e. The fraction of sp³-hybridized carbons (Fsp3) is 0.346. The fourth-order valence-corrected chi connectivity index (χ4v) is 4.55. The van der Waals surface area contributed by atoms with Gasteiger partial charge in [0.15, 0.2) is 0 Å². The van der Waals surface area contributed by atoms with Crippen LogP contribution in [0.3, 0.4) is 0 Å². The molecule has 0 saturated heterocycles. The summed E-state index contributed by atoms with van der Waals surface area (Å²) in [6, 6.07) is 13.1. The molecule has 176 valence electrons. The second-order valence-corrected chi connectivity index (χ2v) is 9.45. The minimum Gasteiger partial charge on any atom is -0.490 e. The number of nitrogens with one attached hydrogen (secondary N) is 2. The minimum atomic E-state index is -0.942. The molecule has 6 nitrogen and oxygen atoms in total. The topological polar surface area (TPSA) is 94.6 Å². The zero-order valence-electron chi connectivity index (χ0n) is 19.5. The fourth-order valence-electron chi connectivity index (χ4n) is 3.93. The SMILES string of the molecule is C/C=C(\SC)c1ccccc1OCC(O)CNC(C)(C)Cc1c[nH]c2cccc(C(=O)O)c12. The van der Waals surface area contributed by atoms with Gasteiger partial charge in [0.1, 0.15) is 18.5 Å². The summed E-state index contributed by atoms with van der Waals surface area (Å²) in [5.41, 5.74) is 2.67. The van der Waals surface area contributed by atoms with Gasteiger partial charge in [-0.1, -0.05) is 30.3 Å². The molecule has 1 atom stereocenters. The van der Waals surface area contributed by atoms with E-state index in [1.807, 2.05) is 69.6 Å². The first kappa shape index (κ1) is 24.9. The molecule has 0 aliphatic carbocycles. The summed E-state index contributed by atoms with van der Waals surface area (Å²) < 4.78 is 5.94. The van der Waals surface area contributed by atoms with Crippen LogP contribution in [-0.2, 0) is 6.42 Å². The largest absolute Gasteiger partial charge is 0.490 e. The lowest BCUT2D eigenvalue weighted by atomic mass is 9.93. The third-order valence-corrected chi connectivity index (χ3v) is 6.43. The maximum absolute atomic E-state index is 11.7. The quantitative estimate of drug-likeness (QED) is 0.318. The number of hydrogen-bond donors (Lipinski definition) is 4. The standard InChI is InChI=1S/C26H32N2O4S/c1-5-23(33-4)19-9-6-7-12-22(19)32-16-18(29)15-28-26(2,3)13-17-14-27-21-11-8-10-20(24(17)21)25(30)31/h5-12,14,18,27-29H,13,15-16H2,1-4H3,(H,30,31)/b23-5-. The number of allylic oxidation sites excluding steroid dienone is 1. The lowest BCUT2D eigenvalue weighted by Gasteiger charge is -2.28. The van der Waals surface area contributed by atoms with Crippen LogP contribution in [0.4, 0.5) is 0 Å². The van der Waals surface area contributed by atoms with Crippen LogP contribution in [0.25, 0.3) is 15.8 Å². The van der Waals surface area contributed by atoms with Crippen molar-refractivity contribution >= 4 is 33.5 Å². The van der Waals surface area contributed by atoms with E-state index in [0.717, 1.165) is 32.7 Å². The number of carboxylic acids is 1. The van der Waals surface area contributed by atoms with Gasteiger partial charge in [-0.15, -0.1) is 11.8 Å². The van der Waals surface area contributed by atoms with Gasteiger partial charge in [0.05, 0.1) is 5.56 Å². The predicted octanol–water partition coefficient (Wildman–Crippen LogP) is 4.94. The van der Waals surface area contributed by atoms with Crippen molar-refractivity contribution in [1.82, 2.24) is 10.3 Å². The molecule has 0 bridgehead atoms. The highest BCUT2D eigenvalue weighted by Crippen LogP contribution is 2.32. The highest BCUT2D eigenvalue weighted by Gasteiger charge is 2.23. The van der Waals surface area contributed by atoms with Crippen LogP contribution in [0, 0.1) is 0 Å². The van der Waals surface area contributed by atoms with Crippen LogP contribution in [0.5, 0.6) is 5.75 Å². The summed E-state index contributed by atoms with van der Waals surface area (Å²) in [6.07, 6.45) is 5.85. The third-order valence-electron chi connectivity index (χ3n) is 5.53. The second kappa shape index (κ2) is 10.9. The van der Waals surface area contributed by atoms with Crippen LogP contribution in [0.1, 0.15) is 42.3 Å². The van der Waals surface area contributed by atoms with E-state index < -0.39 is 12.1 Å². The van der Waals surface area contributed by atoms with Crippen LogP contribution >= 0.6 is 11.8 Å². The van der Waals surface area contributed by atoms with Crippen molar-refractivity contribution in [2.24, 2.45) is 0 Å². The van der Waals surface area contributed by atoms with Gasteiger partial charge >= 0.3 is 5.97 Å². The van der Waals surface area contributed by atoms with E-state index in [9.17, 15) is 15.0 Å². The first-order valence-electron chi connectivity index (χ1n) is 10.9. The Morgan fingerprint density at radius 2 is 1.94 bits per heavy atom. The van der Waals surface area contributed by atoms with Crippen molar-refractivity contribution in [3.05, 3.63) is 71.4 Å². The van der Waals surface area contributed by atoms with Gasteiger partial charge in [-0.2, -0.15) is 0 Å². The minimum absolute atomic E-state index is 0.168.